The van der Waals surface area contributed by atoms with Gasteiger partial charge in [0.25, 0.3) is 9.84 Å². The summed E-state index contributed by atoms with van der Waals surface area (Å²) in [6.45, 7) is 3.42. The van der Waals surface area contributed by atoms with Gasteiger partial charge in [-0.1, -0.05) is 17.7 Å². The lowest BCUT2D eigenvalue weighted by molar-refractivity contribution is 0.101. The summed E-state index contributed by atoms with van der Waals surface area (Å²) in [6.07, 6.45) is 0. The number of sulfone groups is 1. The molecule has 0 bridgehead atoms. The molecule has 0 saturated heterocycles. The number of hydrogen-bond donors (Lipinski definition) is 1. The van der Waals surface area contributed by atoms with E-state index in [0.717, 1.165) is 5.56 Å². The average molecular weight is 269 g/mol. The van der Waals surface area contributed by atoms with Crippen molar-refractivity contribution in [1.82, 2.24) is 0 Å². The highest BCUT2D eigenvalue weighted by Gasteiger charge is 2.39. The number of ether oxygens (including phenoxy) is 1. The van der Waals surface area contributed by atoms with Gasteiger partial charge in [0.05, 0.1) is 11.5 Å². The van der Waals surface area contributed by atoms with Gasteiger partial charge in [-0.3, -0.25) is 0 Å². The number of hydrogen-bond acceptors (Lipinski definition) is 5. The van der Waals surface area contributed by atoms with Crippen molar-refractivity contribution in [3.05, 3.63) is 45.8 Å². The van der Waals surface area contributed by atoms with Crippen molar-refractivity contribution < 1.29 is 18.3 Å². The highest BCUT2D eigenvalue weighted by Crippen LogP contribution is 2.23. The van der Waals surface area contributed by atoms with E-state index < -0.39 is 20.8 Å². The Hall–Kier alpha value is -2.07. The fourth-order valence-corrected chi connectivity index (χ4v) is 2.35. The molecule has 0 unspecified atom stereocenters. The van der Waals surface area contributed by atoms with Crippen LogP contribution in [-0.4, -0.2) is 20.1 Å². The summed E-state index contributed by atoms with van der Waals surface area (Å²) in [7, 11) is -4.10. The van der Waals surface area contributed by atoms with Gasteiger partial charge in [0.2, 0.25) is 5.39 Å². The Kier molecular flexibility index (Phi) is 4.28. The molecular formula is C11H13N2O4S+. The summed E-state index contributed by atoms with van der Waals surface area (Å²) < 4.78 is 28.7. The zero-order valence-electron chi connectivity index (χ0n) is 9.99. The maximum absolute atomic E-state index is 12.0. The first-order valence-corrected chi connectivity index (χ1v) is 6.64. The van der Waals surface area contributed by atoms with Crippen LogP contribution < -0.4 is 0 Å². The number of aliphatic hydroxyl groups excluding tert-OH is 1. The van der Waals surface area contributed by atoms with Crippen molar-refractivity contribution in [3.8, 4) is 0 Å². The predicted octanol–water partition coefficient (Wildman–Crippen LogP) is 2.34. The highest BCUT2D eigenvalue weighted by molar-refractivity contribution is 7.95. The third-order valence-electron chi connectivity index (χ3n) is 2.14. The van der Waals surface area contributed by atoms with Gasteiger partial charge < -0.3 is 9.84 Å². The van der Waals surface area contributed by atoms with E-state index in [1.165, 1.54) is 12.1 Å². The smallest absolute Gasteiger partial charge is 0.475 e. The minimum atomic E-state index is -4.10. The summed E-state index contributed by atoms with van der Waals surface area (Å²) >= 11 is 0. The summed E-state index contributed by atoms with van der Waals surface area (Å²) in [6, 6.07) is 5.91. The zero-order chi connectivity index (χ0) is 13.8. The van der Waals surface area contributed by atoms with Crippen molar-refractivity contribution in [3.63, 3.8) is 0 Å². The van der Waals surface area contributed by atoms with Crippen molar-refractivity contribution in [2.45, 2.75) is 18.7 Å². The summed E-state index contributed by atoms with van der Waals surface area (Å²) in [5.41, 5.74) is 0.884. The molecule has 0 aliphatic carbocycles. The Morgan fingerprint density at radius 1 is 1.39 bits per heavy atom. The monoisotopic (exact) mass is 269 g/mol. The second kappa shape index (κ2) is 5.51. The molecule has 96 valence electrons. The number of diazo groups is 1. The van der Waals surface area contributed by atoms with Gasteiger partial charge in [0.15, 0.2) is 4.98 Å². The van der Waals surface area contributed by atoms with Gasteiger partial charge in [0.1, 0.15) is 0 Å². The van der Waals surface area contributed by atoms with Crippen molar-refractivity contribution in [2.75, 3.05) is 6.61 Å². The minimum Gasteiger partial charge on any atom is -0.475 e. The third-order valence-corrected chi connectivity index (χ3v) is 3.80. The fourth-order valence-electron chi connectivity index (χ4n) is 1.24. The second-order valence-electron chi connectivity index (χ2n) is 3.46. The molecule has 1 rings (SSSR count). The molecule has 1 N–H and O–H groups in total. The van der Waals surface area contributed by atoms with Crippen LogP contribution in [-0.2, 0) is 14.6 Å². The second-order valence-corrected chi connectivity index (χ2v) is 5.32. The van der Waals surface area contributed by atoms with Crippen LogP contribution in [0.5, 0.6) is 0 Å². The van der Waals surface area contributed by atoms with E-state index >= 15 is 0 Å². The Morgan fingerprint density at radius 3 is 2.39 bits per heavy atom. The quantitative estimate of drug-likeness (QED) is 0.669. The van der Waals surface area contributed by atoms with E-state index in [1.807, 2.05) is 0 Å². The van der Waals surface area contributed by atoms with E-state index in [1.54, 1.807) is 26.0 Å². The normalized spacial score (nSPS) is 12.5. The third kappa shape index (κ3) is 2.78. The number of nitrogens with zero attached hydrogens (tertiary/aromatic N) is 2. The fraction of sp³-hybridized carbons (Fsp3) is 0.273. The van der Waals surface area contributed by atoms with Crippen molar-refractivity contribution >= 4 is 9.84 Å². The Morgan fingerprint density at radius 2 is 1.94 bits per heavy atom. The molecule has 7 heteroatoms. The Balaban J connectivity index is 3.33. The zero-order valence-corrected chi connectivity index (χ0v) is 10.8. The first-order valence-electron chi connectivity index (χ1n) is 5.16. The predicted molar refractivity (Wildman–Crippen MR) is 64.7 cm³/mol. The summed E-state index contributed by atoms with van der Waals surface area (Å²) in [5.74, 6) is -0.930. The molecule has 18 heavy (non-hydrogen) atoms. The van der Waals surface area contributed by atoms with Gasteiger partial charge in [-0.2, -0.15) is 0 Å². The van der Waals surface area contributed by atoms with Crippen LogP contribution in [0, 0.1) is 12.3 Å². The number of aliphatic hydroxyl groups is 1. The van der Waals surface area contributed by atoms with Crippen molar-refractivity contribution in [1.29, 1.82) is 5.39 Å². The molecule has 0 radical (unpaired) electrons. The maximum Gasteiger partial charge on any atom is 0.557 e. The minimum absolute atomic E-state index is 0.0499. The molecule has 0 amide bonds. The van der Waals surface area contributed by atoms with Crippen LogP contribution in [0.4, 0.5) is 0 Å². The van der Waals surface area contributed by atoms with Crippen LogP contribution in [0.3, 0.4) is 0 Å². The number of aryl methyl sites for hydroxylation is 1. The molecule has 0 fully saturated rings. The SMILES string of the molecule is CCO/C(O)=C(\[N+]#N)S(=O)(=O)c1ccc(C)cc1. The molecule has 0 aliphatic rings. The molecule has 1 aromatic carbocycles. The molecule has 6 nitrogen and oxygen atoms in total. The van der Waals surface area contributed by atoms with Crippen LogP contribution in [0.2, 0.25) is 0 Å². The standard InChI is InChI=1S/C11H12N2O4S/c1-3-17-11(14)10(13-12)18(15,16)9-6-4-8(2)5-7-9/h4-7H,3H2,1-2H3/p+1/b11-10+. The lowest BCUT2D eigenvalue weighted by Gasteiger charge is -2.00. The molecule has 0 aliphatic heterocycles. The van der Waals surface area contributed by atoms with Gasteiger partial charge in [-0.25, -0.2) is 8.42 Å². The molecule has 0 aromatic heterocycles. The lowest BCUT2D eigenvalue weighted by Crippen LogP contribution is -2.07. The first-order chi connectivity index (χ1) is 8.43. The van der Waals surface area contributed by atoms with Gasteiger partial charge in [0, 0.05) is 0 Å². The molecule has 0 heterocycles. The lowest BCUT2D eigenvalue weighted by atomic mass is 10.2. The largest absolute Gasteiger partial charge is 0.557 e. The molecule has 0 spiro atoms. The molecular weight excluding hydrogens is 256 g/mol. The van der Waals surface area contributed by atoms with E-state index in [2.05, 4.69) is 9.71 Å². The first kappa shape index (κ1) is 14.0. The molecule has 1 aromatic rings. The maximum atomic E-state index is 12.0. The molecule has 0 atom stereocenters. The van der Waals surface area contributed by atoms with Gasteiger partial charge in [-0.05, 0) is 26.0 Å². The van der Waals surface area contributed by atoms with E-state index in [-0.39, 0.29) is 11.5 Å². The topological polar surface area (TPSA) is 91.8 Å². The summed E-state index contributed by atoms with van der Waals surface area (Å²) in [4.78, 5) is 2.50. The van der Waals surface area contributed by atoms with Gasteiger partial charge >= 0.3 is 11.0 Å². The van der Waals surface area contributed by atoms with Crippen LogP contribution in [0.1, 0.15) is 12.5 Å². The van der Waals surface area contributed by atoms with Crippen LogP contribution in [0.25, 0.3) is 4.98 Å². The van der Waals surface area contributed by atoms with Crippen LogP contribution in [0.15, 0.2) is 40.1 Å². The highest BCUT2D eigenvalue weighted by atomic mass is 32.2. The number of benzene rings is 1. The van der Waals surface area contributed by atoms with E-state index in [0.29, 0.717) is 0 Å². The number of rotatable bonds is 4. The van der Waals surface area contributed by atoms with Crippen molar-refractivity contribution in [2.24, 2.45) is 0 Å². The van der Waals surface area contributed by atoms with Crippen LogP contribution >= 0.6 is 0 Å². The molecule has 0 saturated carbocycles. The summed E-state index contributed by atoms with van der Waals surface area (Å²) in [5, 5.41) is 17.2. The average Bonchev–Trinajstić information content (AvgIpc) is 2.30. The van der Waals surface area contributed by atoms with E-state index in [4.69, 9.17) is 5.39 Å². The Labute approximate surface area is 105 Å². The Bertz CT molecular complexity index is 597. The van der Waals surface area contributed by atoms with E-state index in [9.17, 15) is 13.5 Å². The van der Waals surface area contributed by atoms with Gasteiger partial charge in [-0.15, -0.1) is 0 Å².